The molecule has 4 nitrogen and oxygen atoms in total. The molecule has 0 aliphatic rings. The molecule has 0 aliphatic heterocycles. The number of nitro benzene ring substituents is 1. The first-order chi connectivity index (χ1) is 7.36. The van der Waals surface area contributed by atoms with Gasteiger partial charge < -0.3 is 0 Å². The molecule has 0 heterocycles. The minimum Gasteiger partial charge on any atom is -0.294 e. The third-order valence-corrected chi connectivity index (χ3v) is 2.57. The summed E-state index contributed by atoms with van der Waals surface area (Å²) in [7, 11) is 0. The molecule has 0 N–H and O–H groups in total. The third kappa shape index (κ3) is 2.24. The molecule has 0 aliphatic carbocycles. The van der Waals surface area contributed by atoms with Crippen LogP contribution in [0.25, 0.3) is 0 Å². The van der Waals surface area contributed by atoms with Gasteiger partial charge in [-0.25, -0.2) is 8.78 Å². The van der Waals surface area contributed by atoms with Crippen LogP contribution in [-0.4, -0.2) is 10.7 Å². The number of nitro groups is 1. The van der Waals surface area contributed by atoms with E-state index in [2.05, 4.69) is 15.9 Å². The zero-order valence-corrected chi connectivity index (χ0v) is 9.62. The molecule has 0 spiro atoms. The first-order valence-corrected chi connectivity index (χ1v) is 4.91. The van der Waals surface area contributed by atoms with Crippen molar-refractivity contribution in [3.63, 3.8) is 0 Å². The molecule has 1 rings (SSSR count). The second-order valence-corrected chi connectivity index (χ2v) is 3.83. The van der Waals surface area contributed by atoms with Crippen molar-refractivity contribution in [3.8, 4) is 0 Å². The maximum Gasteiger partial charge on any atom is 0.294 e. The van der Waals surface area contributed by atoms with Gasteiger partial charge in [0.15, 0.2) is 5.78 Å². The summed E-state index contributed by atoms with van der Waals surface area (Å²) in [5.74, 6) is -0.761. The van der Waals surface area contributed by atoms with Gasteiger partial charge in [0.2, 0.25) is 0 Å². The van der Waals surface area contributed by atoms with Gasteiger partial charge in [-0.05, 0) is 28.9 Å². The number of Topliss-reactive ketones (excluding diaryl/α,β-unsaturated/α-hetero) is 1. The zero-order chi connectivity index (χ0) is 12.5. The summed E-state index contributed by atoms with van der Waals surface area (Å²) in [5.41, 5.74) is -1.79. The summed E-state index contributed by atoms with van der Waals surface area (Å²) < 4.78 is 25.2. The largest absolute Gasteiger partial charge is 0.294 e. The molecule has 86 valence electrons. The molecule has 0 fully saturated rings. The van der Waals surface area contributed by atoms with E-state index in [0.29, 0.717) is 0 Å². The number of halogens is 3. The van der Waals surface area contributed by atoms with Crippen LogP contribution in [0.15, 0.2) is 16.6 Å². The van der Waals surface area contributed by atoms with E-state index >= 15 is 0 Å². The lowest BCUT2D eigenvalue weighted by molar-refractivity contribution is -0.386. The Labute approximate surface area is 97.5 Å². The summed E-state index contributed by atoms with van der Waals surface area (Å²) in [6.07, 6.45) is -2.93. The molecule has 1 aromatic rings. The zero-order valence-electron chi connectivity index (χ0n) is 8.04. The van der Waals surface area contributed by atoms with Crippen molar-refractivity contribution in [3.05, 3.63) is 37.8 Å². The normalized spacial score (nSPS) is 10.6. The fourth-order valence-electron chi connectivity index (χ4n) is 1.31. The van der Waals surface area contributed by atoms with Crippen LogP contribution in [-0.2, 0) is 0 Å². The molecule has 16 heavy (non-hydrogen) atoms. The quantitative estimate of drug-likeness (QED) is 0.487. The van der Waals surface area contributed by atoms with Crippen molar-refractivity contribution in [2.24, 2.45) is 0 Å². The molecule has 0 saturated heterocycles. The number of benzene rings is 1. The fraction of sp³-hybridized carbons (Fsp3) is 0.222. The Bertz CT molecular complexity index is 462. The van der Waals surface area contributed by atoms with Crippen molar-refractivity contribution in [1.82, 2.24) is 0 Å². The van der Waals surface area contributed by atoms with Crippen LogP contribution in [0.2, 0.25) is 0 Å². The molecule has 0 unspecified atom stereocenters. The number of carbonyl (C=O) groups excluding carboxylic acids is 1. The van der Waals surface area contributed by atoms with Gasteiger partial charge in [-0.3, -0.25) is 14.9 Å². The topological polar surface area (TPSA) is 60.2 Å². The predicted molar refractivity (Wildman–Crippen MR) is 55.8 cm³/mol. The van der Waals surface area contributed by atoms with Gasteiger partial charge in [-0.15, -0.1) is 0 Å². The third-order valence-electron chi connectivity index (χ3n) is 1.93. The molecule has 0 saturated carbocycles. The van der Waals surface area contributed by atoms with Crippen LogP contribution >= 0.6 is 15.9 Å². The van der Waals surface area contributed by atoms with Gasteiger partial charge in [0.1, 0.15) is 5.56 Å². The van der Waals surface area contributed by atoms with Gasteiger partial charge in [-0.2, -0.15) is 0 Å². The summed E-state index contributed by atoms with van der Waals surface area (Å²) in [4.78, 5) is 21.0. The molecule has 0 radical (unpaired) electrons. The van der Waals surface area contributed by atoms with Crippen LogP contribution in [0.3, 0.4) is 0 Å². The lowest BCUT2D eigenvalue weighted by atomic mass is 10.0. The molecular formula is C9H6BrF2NO3. The van der Waals surface area contributed by atoms with Crippen LogP contribution in [0, 0.1) is 10.1 Å². The fourth-order valence-corrected chi connectivity index (χ4v) is 1.79. The van der Waals surface area contributed by atoms with Gasteiger partial charge in [0.25, 0.3) is 12.1 Å². The van der Waals surface area contributed by atoms with Crippen LogP contribution in [0.1, 0.15) is 29.3 Å². The lowest BCUT2D eigenvalue weighted by Gasteiger charge is -2.07. The summed E-state index contributed by atoms with van der Waals surface area (Å²) >= 11 is 2.86. The highest BCUT2D eigenvalue weighted by Gasteiger charge is 2.28. The Morgan fingerprint density at radius 2 is 2.06 bits per heavy atom. The molecule has 0 bridgehead atoms. The minimum atomic E-state index is -2.93. The van der Waals surface area contributed by atoms with E-state index in [1.54, 1.807) is 0 Å². The smallest absolute Gasteiger partial charge is 0.294 e. The Hall–Kier alpha value is -1.37. The van der Waals surface area contributed by atoms with Crippen molar-refractivity contribution in [2.45, 2.75) is 13.3 Å². The maximum absolute atomic E-state index is 12.6. The Morgan fingerprint density at radius 3 is 2.44 bits per heavy atom. The Kier molecular flexibility index (Phi) is 3.69. The van der Waals surface area contributed by atoms with Crippen LogP contribution in [0.4, 0.5) is 14.5 Å². The average Bonchev–Trinajstić information content (AvgIpc) is 2.15. The highest BCUT2D eigenvalue weighted by Crippen LogP contribution is 2.35. The number of alkyl halides is 2. The monoisotopic (exact) mass is 293 g/mol. The van der Waals surface area contributed by atoms with Crippen molar-refractivity contribution in [2.75, 3.05) is 0 Å². The van der Waals surface area contributed by atoms with Crippen molar-refractivity contribution >= 4 is 27.4 Å². The van der Waals surface area contributed by atoms with Crippen LogP contribution < -0.4 is 0 Å². The number of hydrogen-bond acceptors (Lipinski definition) is 3. The summed E-state index contributed by atoms with van der Waals surface area (Å²) in [5, 5.41) is 10.7. The minimum absolute atomic E-state index is 0.00657. The van der Waals surface area contributed by atoms with Gasteiger partial charge in [-0.1, -0.05) is 6.07 Å². The van der Waals surface area contributed by atoms with E-state index < -0.39 is 33.9 Å². The standard InChI is InChI=1S/C9H6BrF2NO3/c1-4(14)7-5(9(11)12)2-3-6(10)8(7)13(15)16/h2-3,9H,1H3. The number of carbonyl (C=O) groups is 1. The second kappa shape index (κ2) is 4.65. The highest BCUT2D eigenvalue weighted by molar-refractivity contribution is 9.10. The van der Waals surface area contributed by atoms with E-state index in [9.17, 15) is 23.7 Å². The summed E-state index contributed by atoms with van der Waals surface area (Å²) in [6, 6.07) is 2.13. The number of ketones is 1. The van der Waals surface area contributed by atoms with E-state index in [4.69, 9.17) is 0 Å². The molecule has 0 aromatic heterocycles. The number of hydrogen-bond donors (Lipinski definition) is 0. The number of nitrogens with zero attached hydrogens (tertiary/aromatic N) is 1. The van der Waals surface area contributed by atoms with Gasteiger partial charge >= 0.3 is 0 Å². The highest BCUT2D eigenvalue weighted by atomic mass is 79.9. The Morgan fingerprint density at radius 1 is 1.50 bits per heavy atom. The van der Waals surface area contributed by atoms with E-state index in [-0.39, 0.29) is 4.47 Å². The van der Waals surface area contributed by atoms with Gasteiger partial charge in [0.05, 0.1) is 9.40 Å². The second-order valence-electron chi connectivity index (χ2n) is 2.97. The molecule has 1 aromatic carbocycles. The van der Waals surface area contributed by atoms with Crippen molar-refractivity contribution in [1.29, 1.82) is 0 Å². The molecule has 7 heteroatoms. The first kappa shape index (κ1) is 12.7. The van der Waals surface area contributed by atoms with Crippen LogP contribution in [0.5, 0.6) is 0 Å². The molecule has 0 amide bonds. The van der Waals surface area contributed by atoms with Gasteiger partial charge in [0, 0.05) is 5.56 Å². The maximum atomic E-state index is 12.6. The Balaban J connectivity index is 3.63. The predicted octanol–water partition coefficient (Wildman–Crippen LogP) is 3.50. The average molecular weight is 294 g/mol. The number of rotatable bonds is 3. The molecular weight excluding hydrogens is 288 g/mol. The first-order valence-electron chi connectivity index (χ1n) is 4.12. The molecule has 0 atom stereocenters. The lowest BCUT2D eigenvalue weighted by Crippen LogP contribution is -2.06. The van der Waals surface area contributed by atoms with Crippen molar-refractivity contribution < 1.29 is 18.5 Å². The SMILES string of the molecule is CC(=O)c1c(C(F)F)ccc(Br)c1[N+](=O)[O-]. The summed E-state index contributed by atoms with van der Waals surface area (Å²) in [6.45, 7) is 1.01. The van der Waals surface area contributed by atoms with E-state index in [0.717, 1.165) is 19.1 Å². The van der Waals surface area contributed by atoms with E-state index in [1.165, 1.54) is 0 Å². The van der Waals surface area contributed by atoms with E-state index in [1.807, 2.05) is 0 Å².